The highest BCUT2D eigenvalue weighted by Gasteiger charge is 2.11. The molecule has 0 fully saturated rings. The third-order valence-electron chi connectivity index (χ3n) is 2.08. The van der Waals surface area contributed by atoms with E-state index in [0.717, 1.165) is 10.0 Å². The quantitative estimate of drug-likeness (QED) is 0.792. The summed E-state index contributed by atoms with van der Waals surface area (Å²) in [5.41, 5.74) is 0.786. The van der Waals surface area contributed by atoms with Gasteiger partial charge in [-0.15, -0.1) is 0 Å². The van der Waals surface area contributed by atoms with Gasteiger partial charge >= 0.3 is 0 Å². The number of aliphatic hydroxyl groups excluding tert-OH is 1. The van der Waals surface area contributed by atoms with Gasteiger partial charge in [-0.25, -0.2) is 0 Å². The fraction of sp³-hybridized carbons (Fsp3) is 0.429. The van der Waals surface area contributed by atoms with Crippen molar-refractivity contribution in [3.05, 3.63) is 33.3 Å². The molecule has 0 saturated heterocycles. The van der Waals surface area contributed by atoms with Gasteiger partial charge in [-0.1, -0.05) is 45.4 Å². The number of halogens is 2. The smallest absolute Gasteiger partial charge is 0.0910 e. The van der Waals surface area contributed by atoms with Crippen LogP contribution in [-0.4, -0.2) is 5.11 Å². The highest BCUT2D eigenvalue weighted by atomic mass is 79.9. The maximum atomic E-state index is 10.0. The molecule has 1 atom stereocenters. The van der Waals surface area contributed by atoms with E-state index >= 15 is 0 Å². The zero-order valence-electron chi connectivity index (χ0n) is 10.2. The van der Waals surface area contributed by atoms with Gasteiger partial charge in [-0.3, -0.25) is 0 Å². The molecular weight excluding hydrogens is 300 g/mol. The van der Waals surface area contributed by atoms with Crippen LogP contribution in [0.15, 0.2) is 22.7 Å². The summed E-state index contributed by atoms with van der Waals surface area (Å²) < 4.78 is 0.815. The summed E-state index contributed by atoms with van der Waals surface area (Å²) in [6.07, 6.45) is -0.159. The summed E-state index contributed by atoms with van der Waals surface area (Å²) in [6, 6.07) is 5.36. The summed E-state index contributed by atoms with van der Waals surface area (Å²) in [4.78, 5) is 0. The van der Waals surface area contributed by atoms with Crippen LogP contribution in [0.3, 0.4) is 0 Å². The van der Waals surface area contributed by atoms with E-state index in [-0.39, 0.29) is 5.41 Å². The molecular formula is C14H16BrClO. The van der Waals surface area contributed by atoms with Crippen LogP contribution in [0.5, 0.6) is 0 Å². The maximum Gasteiger partial charge on any atom is 0.0910 e. The molecule has 0 bridgehead atoms. The van der Waals surface area contributed by atoms with Crippen molar-refractivity contribution >= 4 is 27.5 Å². The Morgan fingerprint density at radius 2 is 2.06 bits per heavy atom. The fourth-order valence-corrected chi connectivity index (χ4v) is 2.24. The Bertz CT molecular complexity index is 452. The zero-order valence-corrected chi connectivity index (χ0v) is 12.6. The average molecular weight is 316 g/mol. The molecule has 0 saturated carbocycles. The number of hydrogen-bond donors (Lipinski definition) is 1. The molecule has 0 spiro atoms. The first-order chi connectivity index (χ1) is 7.79. The summed E-state index contributed by atoms with van der Waals surface area (Å²) in [5, 5.41) is 10.7. The van der Waals surface area contributed by atoms with Crippen molar-refractivity contribution in [2.75, 3.05) is 0 Å². The standard InChI is InChI=1S/C14H16BrClO/c1-14(2,3)8-4-5-13(17)11-7-6-10(16)9-12(11)15/h6-7,9,13,17H,5H2,1-3H3. The predicted octanol–water partition coefficient (Wildman–Crippen LogP) is 4.58. The minimum Gasteiger partial charge on any atom is -0.387 e. The summed E-state index contributed by atoms with van der Waals surface area (Å²) in [5.74, 6) is 6.11. The molecule has 0 radical (unpaired) electrons. The molecule has 0 aliphatic carbocycles. The first kappa shape index (κ1) is 14.6. The normalized spacial score (nSPS) is 12.8. The summed E-state index contributed by atoms with van der Waals surface area (Å²) in [6.45, 7) is 6.14. The van der Waals surface area contributed by atoms with Crippen LogP contribution < -0.4 is 0 Å². The fourth-order valence-electron chi connectivity index (χ4n) is 1.29. The molecule has 0 aliphatic heterocycles. The molecule has 0 aromatic heterocycles. The van der Waals surface area contributed by atoms with Crippen molar-refractivity contribution in [3.63, 3.8) is 0 Å². The first-order valence-electron chi connectivity index (χ1n) is 5.42. The minimum absolute atomic E-state index is 0.0308. The van der Waals surface area contributed by atoms with Gasteiger partial charge in [0, 0.05) is 21.3 Å². The Morgan fingerprint density at radius 3 is 2.59 bits per heavy atom. The van der Waals surface area contributed by atoms with Crippen molar-refractivity contribution in [2.45, 2.75) is 33.3 Å². The van der Waals surface area contributed by atoms with Gasteiger partial charge in [0.2, 0.25) is 0 Å². The van der Waals surface area contributed by atoms with E-state index in [4.69, 9.17) is 11.6 Å². The van der Waals surface area contributed by atoms with E-state index in [1.807, 2.05) is 26.8 Å². The van der Waals surface area contributed by atoms with E-state index in [1.54, 1.807) is 12.1 Å². The van der Waals surface area contributed by atoms with Gasteiger partial charge in [-0.2, -0.15) is 0 Å². The van der Waals surface area contributed by atoms with Crippen LogP contribution in [0.25, 0.3) is 0 Å². The topological polar surface area (TPSA) is 20.2 Å². The Balaban J connectivity index is 2.76. The van der Waals surface area contributed by atoms with E-state index in [0.29, 0.717) is 11.4 Å². The van der Waals surface area contributed by atoms with Crippen molar-refractivity contribution in [2.24, 2.45) is 5.41 Å². The number of benzene rings is 1. The molecule has 1 unspecified atom stereocenters. The number of aliphatic hydroxyl groups is 1. The molecule has 1 aromatic carbocycles. The van der Waals surface area contributed by atoms with Gasteiger partial charge in [0.25, 0.3) is 0 Å². The molecule has 1 N–H and O–H groups in total. The van der Waals surface area contributed by atoms with Crippen molar-refractivity contribution in [1.82, 2.24) is 0 Å². The van der Waals surface area contributed by atoms with Crippen molar-refractivity contribution in [1.29, 1.82) is 0 Å². The molecule has 0 aliphatic rings. The van der Waals surface area contributed by atoms with Gasteiger partial charge in [-0.05, 0) is 38.5 Å². The van der Waals surface area contributed by atoms with Crippen LogP contribution in [0.1, 0.15) is 38.9 Å². The summed E-state index contributed by atoms with van der Waals surface area (Å²) >= 11 is 9.23. The minimum atomic E-state index is -0.587. The third kappa shape index (κ3) is 5.12. The van der Waals surface area contributed by atoms with Gasteiger partial charge < -0.3 is 5.11 Å². The lowest BCUT2D eigenvalue weighted by molar-refractivity contribution is 0.183. The number of rotatable bonds is 2. The Hall–Kier alpha value is -0.490. The first-order valence-corrected chi connectivity index (χ1v) is 6.60. The van der Waals surface area contributed by atoms with E-state index in [9.17, 15) is 5.11 Å². The Morgan fingerprint density at radius 1 is 1.41 bits per heavy atom. The molecule has 0 amide bonds. The van der Waals surface area contributed by atoms with Crippen molar-refractivity contribution in [3.8, 4) is 11.8 Å². The second kappa shape index (κ2) is 5.91. The van der Waals surface area contributed by atoms with E-state index in [2.05, 4.69) is 27.8 Å². The van der Waals surface area contributed by atoms with Gasteiger partial charge in [0.05, 0.1) is 6.10 Å². The average Bonchev–Trinajstić information content (AvgIpc) is 2.15. The number of hydrogen-bond acceptors (Lipinski definition) is 1. The molecule has 1 rings (SSSR count). The van der Waals surface area contributed by atoms with Crippen LogP contribution in [0.4, 0.5) is 0 Å². The second-order valence-electron chi connectivity index (χ2n) is 4.94. The highest BCUT2D eigenvalue weighted by molar-refractivity contribution is 9.10. The largest absolute Gasteiger partial charge is 0.387 e. The lowest BCUT2D eigenvalue weighted by atomic mass is 9.97. The van der Waals surface area contributed by atoms with Crippen LogP contribution in [0.2, 0.25) is 5.02 Å². The lowest BCUT2D eigenvalue weighted by Crippen LogP contribution is -2.01. The predicted molar refractivity (Wildman–Crippen MR) is 76.0 cm³/mol. The zero-order chi connectivity index (χ0) is 13.1. The van der Waals surface area contributed by atoms with Gasteiger partial charge in [0.15, 0.2) is 0 Å². The molecule has 3 heteroatoms. The molecule has 1 aromatic rings. The molecule has 17 heavy (non-hydrogen) atoms. The van der Waals surface area contributed by atoms with Crippen LogP contribution >= 0.6 is 27.5 Å². The Labute approximate surface area is 116 Å². The van der Waals surface area contributed by atoms with Crippen LogP contribution in [0, 0.1) is 17.3 Å². The van der Waals surface area contributed by atoms with E-state index in [1.165, 1.54) is 0 Å². The monoisotopic (exact) mass is 314 g/mol. The molecule has 1 nitrogen and oxygen atoms in total. The van der Waals surface area contributed by atoms with E-state index < -0.39 is 6.10 Å². The van der Waals surface area contributed by atoms with Crippen LogP contribution in [-0.2, 0) is 0 Å². The Kier molecular flexibility index (Phi) is 5.06. The molecule has 92 valence electrons. The van der Waals surface area contributed by atoms with Gasteiger partial charge in [0.1, 0.15) is 0 Å². The SMILES string of the molecule is CC(C)(C)C#CCC(O)c1ccc(Cl)cc1Br. The maximum absolute atomic E-state index is 10.0. The lowest BCUT2D eigenvalue weighted by Gasteiger charge is -2.11. The van der Waals surface area contributed by atoms with Crippen molar-refractivity contribution < 1.29 is 5.11 Å². The second-order valence-corrected chi connectivity index (χ2v) is 6.23. The molecule has 0 heterocycles. The third-order valence-corrected chi connectivity index (χ3v) is 3.00. The highest BCUT2D eigenvalue weighted by Crippen LogP contribution is 2.28. The summed E-state index contributed by atoms with van der Waals surface area (Å²) in [7, 11) is 0.